The van der Waals surface area contributed by atoms with Crippen LogP contribution in [0.15, 0.2) is 36.4 Å². The van der Waals surface area contributed by atoms with Crippen molar-refractivity contribution in [3.05, 3.63) is 47.2 Å². The normalized spacial score (nSPS) is 14.5. The number of pyridine rings is 1. The Morgan fingerprint density at radius 1 is 0.974 bits per heavy atom. The van der Waals surface area contributed by atoms with Gasteiger partial charge in [-0.3, -0.25) is 4.57 Å². The van der Waals surface area contributed by atoms with Crippen molar-refractivity contribution in [1.29, 1.82) is 0 Å². The molecule has 0 bridgehead atoms. The number of para-hydroxylation sites is 1. The maximum atomic E-state index is 13.2. The molecule has 1 saturated heterocycles. The highest BCUT2D eigenvalue weighted by Crippen LogP contribution is 2.38. The Kier molecular flexibility index (Phi) is 7.84. The summed E-state index contributed by atoms with van der Waals surface area (Å²) in [6, 6.07) is 10.6. The van der Waals surface area contributed by atoms with Crippen LogP contribution in [-0.2, 0) is 20.5 Å². The molecule has 0 amide bonds. The SMILES string of the molecule is CCOc1cccc(-c2nc3nc(Cl)c(CS(=O)(=O)N4CCOCC4)nc3n2-c2c(OC)cccc2OC)n1. The van der Waals surface area contributed by atoms with Crippen LogP contribution in [-0.4, -0.2) is 84.4 Å². The van der Waals surface area contributed by atoms with Crippen LogP contribution in [0.1, 0.15) is 12.6 Å². The minimum absolute atomic E-state index is 0.0569. The molecule has 0 spiro atoms. The van der Waals surface area contributed by atoms with Gasteiger partial charge in [-0.15, -0.1) is 0 Å². The number of imidazole rings is 1. The maximum absolute atomic E-state index is 13.2. The van der Waals surface area contributed by atoms with Crippen molar-refractivity contribution in [2.24, 2.45) is 0 Å². The van der Waals surface area contributed by atoms with Gasteiger partial charge in [0.05, 0.1) is 39.7 Å². The van der Waals surface area contributed by atoms with Gasteiger partial charge in [-0.05, 0) is 25.1 Å². The summed E-state index contributed by atoms with van der Waals surface area (Å²) in [6.07, 6.45) is 0. The molecule has 4 aromatic rings. The molecule has 0 unspecified atom stereocenters. The molecule has 1 aromatic carbocycles. The third-order valence-electron chi connectivity index (χ3n) is 6.07. The zero-order valence-electron chi connectivity index (χ0n) is 21.6. The fourth-order valence-electron chi connectivity index (χ4n) is 4.29. The Hall–Kier alpha value is -3.52. The van der Waals surface area contributed by atoms with Crippen LogP contribution < -0.4 is 14.2 Å². The van der Waals surface area contributed by atoms with E-state index in [0.717, 1.165) is 0 Å². The quantitative estimate of drug-likeness (QED) is 0.294. The van der Waals surface area contributed by atoms with Crippen molar-refractivity contribution < 1.29 is 27.4 Å². The molecule has 39 heavy (non-hydrogen) atoms. The van der Waals surface area contributed by atoms with Gasteiger partial charge in [0.2, 0.25) is 15.9 Å². The summed E-state index contributed by atoms with van der Waals surface area (Å²) in [4.78, 5) is 18.4. The molecule has 0 aliphatic carbocycles. The van der Waals surface area contributed by atoms with E-state index >= 15 is 0 Å². The maximum Gasteiger partial charge on any atom is 0.220 e. The zero-order chi connectivity index (χ0) is 27.6. The summed E-state index contributed by atoms with van der Waals surface area (Å²) >= 11 is 6.47. The van der Waals surface area contributed by atoms with Crippen molar-refractivity contribution in [3.63, 3.8) is 0 Å². The predicted octanol–water partition coefficient (Wildman–Crippen LogP) is 3.11. The van der Waals surface area contributed by atoms with Gasteiger partial charge in [0.25, 0.3) is 0 Å². The Morgan fingerprint density at radius 2 is 1.67 bits per heavy atom. The number of nitrogens with zero attached hydrogens (tertiary/aromatic N) is 6. The van der Waals surface area contributed by atoms with Crippen molar-refractivity contribution in [2.45, 2.75) is 12.7 Å². The van der Waals surface area contributed by atoms with E-state index in [0.29, 0.717) is 54.4 Å². The monoisotopic (exact) mass is 574 g/mol. The summed E-state index contributed by atoms with van der Waals surface area (Å²) in [5, 5.41) is -0.0569. The first-order valence-corrected chi connectivity index (χ1v) is 14.2. The second-order valence-electron chi connectivity index (χ2n) is 8.45. The van der Waals surface area contributed by atoms with Gasteiger partial charge < -0.3 is 18.9 Å². The molecule has 1 aliphatic heterocycles. The lowest BCUT2D eigenvalue weighted by atomic mass is 10.2. The molecule has 0 N–H and O–H groups in total. The van der Waals surface area contributed by atoms with Gasteiger partial charge in [0.1, 0.15) is 28.6 Å². The first kappa shape index (κ1) is 27.1. The molecular formula is C25H27ClN6O6S. The molecule has 3 aromatic heterocycles. The average Bonchev–Trinajstić information content (AvgIpc) is 3.31. The topological polar surface area (TPSA) is 131 Å². The van der Waals surface area contributed by atoms with E-state index < -0.39 is 15.8 Å². The van der Waals surface area contributed by atoms with Crippen LogP contribution in [0.4, 0.5) is 0 Å². The Bertz CT molecular complexity index is 1580. The Labute approximate surface area is 230 Å². The highest BCUT2D eigenvalue weighted by Gasteiger charge is 2.29. The van der Waals surface area contributed by atoms with Crippen molar-refractivity contribution in [1.82, 2.24) is 28.8 Å². The zero-order valence-corrected chi connectivity index (χ0v) is 23.2. The number of benzene rings is 1. The van der Waals surface area contributed by atoms with Crippen LogP contribution in [0, 0.1) is 0 Å². The number of halogens is 1. The number of hydrogen-bond donors (Lipinski definition) is 0. The van der Waals surface area contributed by atoms with E-state index in [2.05, 4.69) is 15.0 Å². The molecule has 12 nitrogen and oxygen atoms in total. The van der Waals surface area contributed by atoms with Gasteiger partial charge in [-0.2, -0.15) is 4.31 Å². The van der Waals surface area contributed by atoms with E-state index in [-0.39, 0.29) is 35.2 Å². The van der Waals surface area contributed by atoms with Gasteiger partial charge >= 0.3 is 0 Å². The lowest BCUT2D eigenvalue weighted by Gasteiger charge is -2.25. The van der Waals surface area contributed by atoms with Crippen LogP contribution >= 0.6 is 11.6 Å². The fraction of sp³-hybridized carbons (Fsp3) is 0.360. The minimum atomic E-state index is -3.73. The highest BCUT2D eigenvalue weighted by molar-refractivity contribution is 7.88. The summed E-state index contributed by atoms with van der Waals surface area (Å²) in [5.74, 6) is 1.27. The average molecular weight is 575 g/mol. The first-order valence-electron chi connectivity index (χ1n) is 12.2. The van der Waals surface area contributed by atoms with E-state index in [1.807, 2.05) is 6.92 Å². The number of aromatic nitrogens is 5. The lowest BCUT2D eigenvalue weighted by molar-refractivity contribution is 0.0729. The van der Waals surface area contributed by atoms with Crippen LogP contribution in [0.3, 0.4) is 0 Å². The third kappa shape index (κ3) is 5.35. The summed E-state index contributed by atoms with van der Waals surface area (Å²) < 4.78 is 51.6. The molecule has 1 fully saturated rings. The summed E-state index contributed by atoms with van der Waals surface area (Å²) in [7, 11) is -0.658. The number of rotatable bonds is 9. The Morgan fingerprint density at radius 3 is 2.33 bits per heavy atom. The van der Waals surface area contributed by atoms with Gasteiger partial charge in [-0.1, -0.05) is 23.7 Å². The number of hydrogen-bond acceptors (Lipinski definition) is 10. The summed E-state index contributed by atoms with van der Waals surface area (Å²) in [6.45, 7) is 3.48. The summed E-state index contributed by atoms with van der Waals surface area (Å²) in [5.41, 5.74) is 1.50. The second kappa shape index (κ2) is 11.3. The van der Waals surface area contributed by atoms with Gasteiger partial charge in [-0.25, -0.2) is 28.4 Å². The molecule has 0 saturated carbocycles. The predicted molar refractivity (Wildman–Crippen MR) is 144 cm³/mol. The van der Waals surface area contributed by atoms with E-state index in [1.165, 1.54) is 18.5 Å². The number of fused-ring (bicyclic) bond motifs is 1. The largest absolute Gasteiger partial charge is 0.494 e. The first-order chi connectivity index (χ1) is 18.9. The van der Waals surface area contributed by atoms with Gasteiger partial charge in [0.15, 0.2) is 22.3 Å². The molecule has 0 radical (unpaired) electrons. The van der Waals surface area contributed by atoms with E-state index in [9.17, 15) is 8.42 Å². The third-order valence-corrected chi connectivity index (χ3v) is 8.16. The fourth-order valence-corrected chi connectivity index (χ4v) is 5.99. The van der Waals surface area contributed by atoms with Crippen LogP contribution in [0.5, 0.6) is 17.4 Å². The number of sulfonamides is 1. The van der Waals surface area contributed by atoms with E-state index in [4.69, 9.17) is 35.5 Å². The Balaban J connectivity index is 1.74. The highest BCUT2D eigenvalue weighted by atomic mass is 35.5. The number of ether oxygens (including phenoxy) is 4. The number of morpholine rings is 1. The number of methoxy groups -OCH3 is 2. The lowest BCUT2D eigenvalue weighted by Crippen LogP contribution is -2.41. The van der Waals surface area contributed by atoms with Gasteiger partial charge in [0, 0.05) is 19.2 Å². The van der Waals surface area contributed by atoms with Crippen molar-refractivity contribution in [2.75, 3.05) is 47.1 Å². The van der Waals surface area contributed by atoms with Crippen molar-refractivity contribution in [3.8, 4) is 34.6 Å². The minimum Gasteiger partial charge on any atom is -0.494 e. The molecule has 0 atom stereocenters. The molecule has 5 rings (SSSR count). The second-order valence-corrected chi connectivity index (χ2v) is 10.8. The standard InChI is InChI=1S/C25H27ClN6O6S/c1-4-38-20-10-5-7-16(27-20)24-30-23-25(32(24)21-18(35-2)8-6-9-19(21)36-3)28-17(22(26)29-23)15-39(33,34)31-11-13-37-14-12-31/h5-10H,4,11-15H2,1-3H3. The van der Waals surface area contributed by atoms with Crippen molar-refractivity contribution >= 4 is 32.9 Å². The molecule has 206 valence electrons. The van der Waals surface area contributed by atoms with Crippen LogP contribution in [0.25, 0.3) is 28.5 Å². The molecule has 4 heterocycles. The molecular weight excluding hydrogens is 548 g/mol. The van der Waals surface area contributed by atoms with Crippen LogP contribution in [0.2, 0.25) is 5.15 Å². The molecule has 1 aliphatic rings. The smallest absolute Gasteiger partial charge is 0.220 e. The molecule has 14 heteroatoms. The van der Waals surface area contributed by atoms with E-state index in [1.54, 1.807) is 41.0 Å².